The number of aryl methyl sites for hydroxylation is 1. The molecule has 134 valence electrons. The first-order chi connectivity index (χ1) is 11.9. The number of aromatic amines is 1. The highest BCUT2D eigenvalue weighted by Crippen LogP contribution is 2.31. The molecule has 1 atom stereocenters. The standard InChI is InChI=1S/C17H22N4O4/c1-10-9-20(3)5-6-21(10)17(23)25-15-7-12-13(8-14(15)24-4)18-11(2)19-16(12)22/h7-8,10H,5-6,9H2,1-4H3,(H,18,19,22). The minimum absolute atomic E-state index is 0.0467. The number of H-pyrrole nitrogens is 1. The number of methoxy groups -OCH3 is 1. The first-order valence-corrected chi connectivity index (χ1v) is 8.14. The number of nitrogens with one attached hydrogen (secondary N) is 1. The van der Waals surface area contributed by atoms with Crippen molar-refractivity contribution in [3.05, 3.63) is 28.3 Å². The van der Waals surface area contributed by atoms with Gasteiger partial charge in [-0.3, -0.25) is 4.79 Å². The Bertz CT molecular complexity index is 864. The van der Waals surface area contributed by atoms with Gasteiger partial charge in [-0.2, -0.15) is 0 Å². The highest BCUT2D eigenvalue weighted by molar-refractivity contribution is 5.83. The number of hydrogen-bond donors (Lipinski definition) is 1. The van der Waals surface area contributed by atoms with Gasteiger partial charge in [0.15, 0.2) is 11.5 Å². The normalized spacial score (nSPS) is 18.4. The number of hydrogen-bond acceptors (Lipinski definition) is 6. The monoisotopic (exact) mass is 346 g/mol. The summed E-state index contributed by atoms with van der Waals surface area (Å²) in [4.78, 5) is 35.5. The zero-order chi connectivity index (χ0) is 18.1. The summed E-state index contributed by atoms with van der Waals surface area (Å²) in [5.74, 6) is 1.08. The fourth-order valence-corrected chi connectivity index (χ4v) is 3.07. The Hall–Kier alpha value is -2.61. The smallest absolute Gasteiger partial charge is 0.415 e. The van der Waals surface area contributed by atoms with E-state index in [0.29, 0.717) is 29.0 Å². The predicted octanol–water partition coefficient (Wildman–Crippen LogP) is 1.37. The lowest BCUT2D eigenvalue weighted by molar-refractivity contribution is 0.0886. The summed E-state index contributed by atoms with van der Waals surface area (Å²) in [6.07, 6.45) is -0.449. The number of aromatic nitrogens is 2. The van der Waals surface area contributed by atoms with Crippen molar-refractivity contribution in [1.82, 2.24) is 19.8 Å². The van der Waals surface area contributed by atoms with Crippen LogP contribution in [0.25, 0.3) is 10.9 Å². The maximum atomic E-state index is 12.6. The summed E-state index contributed by atoms with van der Waals surface area (Å²) in [6.45, 7) is 5.85. The van der Waals surface area contributed by atoms with Crippen molar-refractivity contribution in [2.24, 2.45) is 0 Å². The minimum Gasteiger partial charge on any atom is -0.493 e. The van der Waals surface area contributed by atoms with Gasteiger partial charge in [-0.1, -0.05) is 0 Å². The van der Waals surface area contributed by atoms with E-state index in [-0.39, 0.29) is 17.4 Å². The molecular formula is C17H22N4O4. The average Bonchev–Trinajstić information content (AvgIpc) is 2.54. The number of ether oxygens (including phenoxy) is 2. The molecule has 0 saturated carbocycles. The molecule has 2 aromatic rings. The Labute approximate surface area is 145 Å². The second-order valence-electron chi connectivity index (χ2n) is 6.34. The molecule has 1 amide bonds. The van der Waals surface area contributed by atoms with Crippen LogP contribution in [-0.2, 0) is 0 Å². The van der Waals surface area contributed by atoms with Crippen LogP contribution in [0.2, 0.25) is 0 Å². The summed E-state index contributed by atoms with van der Waals surface area (Å²) >= 11 is 0. The van der Waals surface area contributed by atoms with Crippen LogP contribution in [0.5, 0.6) is 11.5 Å². The molecule has 8 nitrogen and oxygen atoms in total. The molecule has 2 heterocycles. The van der Waals surface area contributed by atoms with Gasteiger partial charge in [-0.15, -0.1) is 0 Å². The number of carbonyl (C=O) groups is 1. The highest BCUT2D eigenvalue weighted by Gasteiger charge is 2.28. The van der Waals surface area contributed by atoms with E-state index in [1.807, 2.05) is 14.0 Å². The molecule has 1 N–H and O–H groups in total. The fourth-order valence-electron chi connectivity index (χ4n) is 3.07. The predicted molar refractivity (Wildman–Crippen MR) is 93.3 cm³/mol. The van der Waals surface area contributed by atoms with E-state index in [9.17, 15) is 9.59 Å². The number of rotatable bonds is 2. The number of amides is 1. The SMILES string of the molecule is COc1cc2nc(C)[nH]c(=O)c2cc1OC(=O)N1CCN(C)CC1C. The van der Waals surface area contributed by atoms with Crippen molar-refractivity contribution in [3.8, 4) is 11.5 Å². The summed E-state index contributed by atoms with van der Waals surface area (Å²) in [7, 11) is 3.50. The average molecular weight is 346 g/mol. The maximum absolute atomic E-state index is 12.6. The molecule has 8 heteroatoms. The van der Waals surface area contributed by atoms with Crippen molar-refractivity contribution in [2.45, 2.75) is 19.9 Å². The van der Waals surface area contributed by atoms with E-state index in [4.69, 9.17) is 9.47 Å². The second kappa shape index (κ2) is 6.72. The summed E-state index contributed by atoms with van der Waals surface area (Å²) in [5.41, 5.74) is 0.210. The molecule has 1 aliphatic rings. The van der Waals surface area contributed by atoms with Gasteiger partial charge < -0.3 is 24.3 Å². The van der Waals surface area contributed by atoms with E-state index in [1.165, 1.54) is 13.2 Å². The number of nitrogens with zero attached hydrogens (tertiary/aromatic N) is 3. The second-order valence-corrected chi connectivity index (χ2v) is 6.34. The molecule has 1 aromatic carbocycles. The zero-order valence-electron chi connectivity index (χ0n) is 14.8. The molecule has 0 radical (unpaired) electrons. The third-order valence-electron chi connectivity index (χ3n) is 4.37. The molecule has 3 rings (SSSR count). The largest absolute Gasteiger partial charge is 0.493 e. The van der Waals surface area contributed by atoms with Gasteiger partial charge in [0.2, 0.25) is 0 Å². The van der Waals surface area contributed by atoms with Crippen molar-refractivity contribution in [3.63, 3.8) is 0 Å². The van der Waals surface area contributed by atoms with Crippen LogP contribution in [0, 0.1) is 6.92 Å². The first-order valence-electron chi connectivity index (χ1n) is 8.14. The molecule has 1 aliphatic heterocycles. The minimum atomic E-state index is -0.449. The van der Waals surface area contributed by atoms with Crippen LogP contribution in [0.1, 0.15) is 12.7 Å². The van der Waals surface area contributed by atoms with Gasteiger partial charge >= 0.3 is 6.09 Å². The van der Waals surface area contributed by atoms with E-state index >= 15 is 0 Å². The number of likely N-dealkylation sites (N-methyl/N-ethyl adjacent to an activating group) is 1. The van der Waals surface area contributed by atoms with Crippen LogP contribution in [0.4, 0.5) is 4.79 Å². The fraction of sp³-hybridized carbons (Fsp3) is 0.471. The molecule has 1 fully saturated rings. The van der Waals surface area contributed by atoms with Crippen LogP contribution >= 0.6 is 0 Å². The van der Waals surface area contributed by atoms with Crippen LogP contribution in [0.3, 0.4) is 0 Å². The molecule has 0 bridgehead atoms. The Morgan fingerprint density at radius 3 is 2.76 bits per heavy atom. The van der Waals surface area contributed by atoms with Gasteiger partial charge in [0.05, 0.1) is 18.0 Å². The van der Waals surface area contributed by atoms with Gasteiger partial charge in [-0.05, 0) is 27.0 Å². The van der Waals surface area contributed by atoms with Crippen molar-refractivity contribution < 1.29 is 14.3 Å². The van der Waals surface area contributed by atoms with Gasteiger partial charge in [0.25, 0.3) is 5.56 Å². The van der Waals surface area contributed by atoms with Gasteiger partial charge in [0, 0.05) is 31.7 Å². The van der Waals surface area contributed by atoms with Gasteiger partial charge in [-0.25, -0.2) is 9.78 Å². The molecule has 1 saturated heterocycles. The highest BCUT2D eigenvalue weighted by atomic mass is 16.6. The lowest BCUT2D eigenvalue weighted by atomic mass is 10.2. The number of benzene rings is 1. The zero-order valence-corrected chi connectivity index (χ0v) is 14.8. The summed E-state index contributed by atoms with van der Waals surface area (Å²) in [5, 5.41) is 0.348. The topological polar surface area (TPSA) is 87.8 Å². The third kappa shape index (κ3) is 3.43. The molecule has 0 aliphatic carbocycles. The molecule has 1 unspecified atom stereocenters. The number of piperazine rings is 1. The van der Waals surface area contributed by atoms with Crippen molar-refractivity contribution >= 4 is 17.0 Å². The number of carbonyl (C=O) groups excluding carboxylic acids is 1. The molecule has 1 aromatic heterocycles. The van der Waals surface area contributed by atoms with Crippen LogP contribution < -0.4 is 15.0 Å². The van der Waals surface area contributed by atoms with E-state index in [1.54, 1.807) is 17.9 Å². The first kappa shape index (κ1) is 17.2. The van der Waals surface area contributed by atoms with Crippen LogP contribution in [0.15, 0.2) is 16.9 Å². The lowest BCUT2D eigenvalue weighted by Crippen LogP contribution is -2.53. The molecule has 25 heavy (non-hydrogen) atoms. The molecular weight excluding hydrogens is 324 g/mol. The Morgan fingerprint density at radius 1 is 1.32 bits per heavy atom. The Balaban J connectivity index is 1.92. The van der Waals surface area contributed by atoms with Crippen molar-refractivity contribution in [1.29, 1.82) is 0 Å². The molecule has 0 spiro atoms. The summed E-state index contributed by atoms with van der Waals surface area (Å²) < 4.78 is 10.8. The summed E-state index contributed by atoms with van der Waals surface area (Å²) in [6, 6.07) is 3.15. The van der Waals surface area contributed by atoms with Gasteiger partial charge in [0.1, 0.15) is 5.82 Å². The van der Waals surface area contributed by atoms with Crippen molar-refractivity contribution in [2.75, 3.05) is 33.8 Å². The Kier molecular flexibility index (Phi) is 4.63. The maximum Gasteiger partial charge on any atom is 0.415 e. The van der Waals surface area contributed by atoms with E-state index in [2.05, 4.69) is 14.9 Å². The van der Waals surface area contributed by atoms with E-state index < -0.39 is 6.09 Å². The third-order valence-corrected chi connectivity index (χ3v) is 4.37. The van der Waals surface area contributed by atoms with E-state index in [0.717, 1.165) is 13.1 Å². The van der Waals surface area contributed by atoms with Crippen LogP contribution in [-0.4, -0.2) is 65.7 Å². The Morgan fingerprint density at radius 2 is 2.08 bits per heavy atom. The number of fused-ring (bicyclic) bond motifs is 1. The quantitative estimate of drug-likeness (QED) is 0.884. The lowest BCUT2D eigenvalue weighted by Gasteiger charge is -2.37.